The van der Waals surface area contributed by atoms with E-state index in [4.69, 9.17) is 11.6 Å². The third-order valence-corrected chi connectivity index (χ3v) is 5.95. The highest BCUT2D eigenvalue weighted by atomic mass is 35.5. The van der Waals surface area contributed by atoms with E-state index >= 15 is 0 Å². The van der Waals surface area contributed by atoms with Gasteiger partial charge in [-0.3, -0.25) is 4.90 Å². The molecule has 0 aromatic rings. The molecule has 0 aromatic heterocycles. The molecule has 2 heterocycles. The Bertz CT molecular complexity index is 254. The van der Waals surface area contributed by atoms with E-state index < -0.39 is 0 Å². The Morgan fingerprint density at radius 1 is 0.762 bits per heavy atom. The van der Waals surface area contributed by atoms with E-state index in [-0.39, 0.29) is 0 Å². The lowest BCUT2D eigenvalue weighted by Crippen LogP contribution is -2.43. The lowest BCUT2D eigenvalue weighted by Gasteiger charge is -2.37. The molecule has 2 saturated heterocycles. The summed E-state index contributed by atoms with van der Waals surface area (Å²) in [5.74, 6) is 0. The highest BCUT2D eigenvalue weighted by molar-refractivity contribution is 6.20. The van der Waals surface area contributed by atoms with Gasteiger partial charge in [-0.25, -0.2) is 0 Å². The van der Waals surface area contributed by atoms with Gasteiger partial charge in [0.2, 0.25) is 0 Å². The fraction of sp³-hybridized carbons (Fsp3) is 1.00. The van der Waals surface area contributed by atoms with Gasteiger partial charge >= 0.3 is 0 Å². The molecule has 0 aromatic carbocycles. The SMILES string of the molecule is CCCCCCCCCCCCN1C2CCC1CC(Cl)C2. The summed E-state index contributed by atoms with van der Waals surface area (Å²) >= 11 is 6.35. The maximum absolute atomic E-state index is 6.35. The van der Waals surface area contributed by atoms with E-state index in [0.29, 0.717) is 5.38 Å². The quantitative estimate of drug-likeness (QED) is 0.327. The molecule has 0 radical (unpaired) electrons. The van der Waals surface area contributed by atoms with Gasteiger partial charge in [0.15, 0.2) is 0 Å². The van der Waals surface area contributed by atoms with Gasteiger partial charge in [-0.15, -0.1) is 11.6 Å². The van der Waals surface area contributed by atoms with Crippen LogP contribution in [0.2, 0.25) is 0 Å². The minimum atomic E-state index is 0.464. The van der Waals surface area contributed by atoms with Crippen LogP contribution in [0.1, 0.15) is 96.8 Å². The van der Waals surface area contributed by atoms with Crippen molar-refractivity contribution in [3.63, 3.8) is 0 Å². The molecule has 2 heteroatoms. The van der Waals surface area contributed by atoms with Crippen molar-refractivity contribution < 1.29 is 0 Å². The molecule has 2 aliphatic heterocycles. The predicted octanol–water partition coefficient (Wildman–Crippen LogP) is 6.14. The maximum Gasteiger partial charge on any atom is 0.0365 e. The van der Waals surface area contributed by atoms with Gasteiger partial charge in [0, 0.05) is 17.5 Å². The Hall–Kier alpha value is 0.250. The average Bonchev–Trinajstić information content (AvgIpc) is 2.71. The zero-order valence-electron chi connectivity index (χ0n) is 14.2. The molecule has 2 bridgehead atoms. The maximum atomic E-state index is 6.35. The second-order valence-electron chi connectivity index (χ2n) is 7.37. The van der Waals surface area contributed by atoms with E-state index in [1.54, 1.807) is 0 Å². The van der Waals surface area contributed by atoms with Crippen molar-refractivity contribution in [1.82, 2.24) is 4.90 Å². The summed E-state index contributed by atoms with van der Waals surface area (Å²) in [5.41, 5.74) is 0. The average molecular weight is 314 g/mol. The zero-order chi connectivity index (χ0) is 14.9. The number of hydrogen-bond acceptors (Lipinski definition) is 1. The number of nitrogens with zero attached hydrogens (tertiary/aromatic N) is 1. The van der Waals surface area contributed by atoms with Crippen LogP contribution >= 0.6 is 11.6 Å². The van der Waals surface area contributed by atoms with Crippen LogP contribution in [0.15, 0.2) is 0 Å². The van der Waals surface area contributed by atoms with Gasteiger partial charge in [0.1, 0.15) is 0 Å². The van der Waals surface area contributed by atoms with Gasteiger partial charge in [0.25, 0.3) is 0 Å². The van der Waals surface area contributed by atoms with Crippen LogP contribution < -0.4 is 0 Å². The summed E-state index contributed by atoms with van der Waals surface area (Å²) in [7, 11) is 0. The molecule has 124 valence electrons. The normalized spacial score (nSPS) is 29.1. The molecule has 0 aliphatic carbocycles. The van der Waals surface area contributed by atoms with Crippen LogP contribution in [-0.4, -0.2) is 28.9 Å². The molecular formula is C19H36ClN. The summed E-state index contributed by atoms with van der Waals surface area (Å²) in [6, 6.07) is 1.65. The van der Waals surface area contributed by atoms with Crippen molar-refractivity contribution in [2.45, 2.75) is 114 Å². The molecule has 2 unspecified atom stereocenters. The molecular weight excluding hydrogens is 278 g/mol. The van der Waals surface area contributed by atoms with Crippen molar-refractivity contribution in [3.8, 4) is 0 Å². The second-order valence-corrected chi connectivity index (χ2v) is 7.99. The number of rotatable bonds is 11. The Labute approximate surface area is 137 Å². The second kappa shape index (κ2) is 10.1. The first-order valence-corrected chi connectivity index (χ1v) is 10.1. The number of piperidine rings is 1. The van der Waals surface area contributed by atoms with E-state index in [0.717, 1.165) is 12.1 Å². The summed E-state index contributed by atoms with van der Waals surface area (Å²) in [6.45, 7) is 3.64. The molecule has 2 aliphatic rings. The number of unbranched alkanes of at least 4 members (excludes halogenated alkanes) is 9. The molecule has 0 amide bonds. The Balaban J connectivity index is 1.42. The van der Waals surface area contributed by atoms with Crippen molar-refractivity contribution in [3.05, 3.63) is 0 Å². The van der Waals surface area contributed by atoms with Crippen molar-refractivity contribution >= 4 is 11.6 Å². The highest BCUT2D eigenvalue weighted by Crippen LogP contribution is 2.37. The van der Waals surface area contributed by atoms with Crippen LogP contribution in [0.5, 0.6) is 0 Å². The van der Waals surface area contributed by atoms with Gasteiger partial charge in [-0.2, -0.15) is 0 Å². The van der Waals surface area contributed by atoms with E-state index in [1.807, 2.05) is 0 Å². The predicted molar refractivity (Wildman–Crippen MR) is 94.2 cm³/mol. The highest BCUT2D eigenvalue weighted by Gasteiger charge is 2.39. The van der Waals surface area contributed by atoms with Gasteiger partial charge in [-0.1, -0.05) is 64.7 Å². The molecule has 1 nitrogen and oxygen atoms in total. The van der Waals surface area contributed by atoms with Crippen LogP contribution in [0.3, 0.4) is 0 Å². The summed E-state index contributed by atoms with van der Waals surface area (Å²) < 4.78 is 0. The first-order valence-electron chi connectivity index (χ1n) is 9.71. The topological polar surface area (TPSA) is 3.24 Å². The molecule has 2 atom stereocenters. The summed E-state index contributed by atoms with van der Waals surface area (Å²) in [5, 5.41) is 0.464. The minimum absolute atomic E-state index is 0.464. The third kappa shape index (κ3) is 6.10. The zero-order valence-corrected chi connectivity index (χ0v) is 14.9. The van der Waals surface area contributed by atoms with E-state index in [1.165, 1.54) is 96.4 Å². The lowest BCUT2D eigenvalue weighted by atomic mass is 10.0. The monoisotopic (exact) mass is 313 g/mol. The Morgan fingerprint density at radius 3 is 1.76 bits per heavy atom. The largest absolute Gasteiger partial charge is 0.297 e. The lowest BCUT2D eigenvalue weighted by molar-refractivity contribution is 0.140. The number of halogens is 1. The van der Waals surface area contributed by atoms with Crippen molar-refractivity contribution in [2.24, 2.45) is 0 Å². The first-order chi connectivity index (χ1) is 10.3. The number of hydrogen-bond donors (Lipinski definition) is 0. The summed E-state index contributed by atoms with van der Waals surface area (Å²) in [4.78, 5) is 2.80. The van der Waals surface area contributed by atoms with E-state index in [2.05, 4.69) is 11.8 Å². The Kier molecular flexibility index (Phi) is 8.47. The number of alkyl halides is 1. The van der Waals surface area contributed by atoms with Crippen LogP contribution in [-0.2, 0) is 0 Å². The van der Waals surface area contributed by atoms with Crippen LogP contribution in [0, 0.1) is 0 Å². The third-order valence-electron chi connectivity index (χ3n) is 5.60. The summed E-state index contributed by atoms with van der Waals surface area (Å²) in [6.07, 6.45) is 19.7. The van der Waals surface area contributed by atoms with Crippen LogP contribution in [0.4, 0.5) is 0 Å². The standard InChI is InChI=1S/C19H36ClN/c1-2-3-4-5-6-7-8-9-10-11-14-21-18-12-13-19(21)16-17(20)15-18/h17-19H,2-16H2,1H3. The number of fused-ring (bicyclic) bond motifs is 2. The van der Waals surface area contributed by atoms with E-state index in [9.17, 15) is 0 Å². The molecule has 2 fully saturated rings. The minimum Gasteiger partial charge on any atom is -0.297 e. The van der Waals surface area contributed by atoms with Gasteiger partial charge in [0.05, 0.1) is 0 Å². The van der Waals surface area contributed by atoms with Crippen molar-refractivity contribution in [2.75, 3.05) is 6.54 Å². The van der Waals surface area contributed by atoms with Gasteiger partial charge in [-0.05, 0) is 38.6 Å². The molecule has 2 rings (SSSR count). The molecule has 21 heavy (non-hydrogen) atoms. The van der Waals surface area contributed by atoms with Crippen LogP contribution in [0.25, 0.3) is 0 Å². The Morgan fingerprint density at radius 2 is 1.24 bits per heavy atom. The first kappa shape index (κ1) is 17.6. The fourth-order valence-corrected chi connectivity index (χ4v) is 4.77. The molecule has 0 N–H and O–H groups in total. The molecule has 0 saturated carbocycles. The van der Waals surface area contributed by atoms with Gasteiger partial charge < -0.3 is 0 Å². The molecule has 0 spiro atoms. The fourth-order valence-electron chi connectivity index (χ4n) is 4.35. The van der Waals surface area contributed by atoms with Crippen molar-refractivity contribution in [1.29, 1.82) is 0 Å². The smallest absolute Gasteiger partial charge is 0.0365 e.